The number of benzene rings is 9. The maximum absolute atomic E-state index is 2.61. The van der Waals surface area contributed by atoms with Gasteiger partial charge < -0.3 is 18.9 Å². The van der Waals surface area contributed by atoms with Gasteiger partial charge in [-0.15, -0.1) is 0 Å². The number of para-hydroxylation sites is 6. The monoisotopic (exact) mass is 832 g/mol. The molecule has 3 aliphatic rings. The summed E-state index contributed by atoms with van der Waals surface area (Å²) in [6.45, 7) is 0.0766. The molecule has 4 nitrogen and oxygen atoms in total. The van der Waals surface area contributed by atoms with E-state index in [2.05, 4.69) is 225 Å². The second-order valence-corrected chi connectivity index (χ2v) is 18.3. The van der Waals surface area contributed by atoms with Gasteiger partial charge in [0.1, 0.15) is 0 Å². The van der Waals surface area contributed by atoms with Gasteiger partial charge in [0.15, 0.2) is 0 Å². The Balaban J connectivity index is 1.04. The van der Waals surface area contributed by atoms with Gasteiger partial charge in [-0.25, -0.2) is 0 Å². The van der Waals surface area contributed by atoms with Crippen LogP contribution in [0, 0.1) is 0 Å². The van der Waals surface area contributed by atoms with Crippen LogP contribution in [-0.2, 0) is 0 Å². The minimum atomic E-state index is 0.0766. The molecule has 1 aliphatic carbocycles. The van der Waals surface area contributed by atoms with Crippen LogP contribution in [-0.4, -0.2) is 15.8 Å². The summed E-state index contributed by atoms with van der Waals surface area (Å²) < 4.78 is 4.84. The molecule has 9 aromatic carbocycles. The molecular formula is C60H45BN4. The molecule has 4 heterocycles. The van der Waals surface area contributed by atoms with Gasteiger partial charge in [0.2, 0.25) is 0 Å². The highest BCUT2D eigenvalue weighted by atomic mass is 15.2. The topological polar surface area (TPSA) is 16.3 Å². The van der Waals surface area contributed by atoms with Crippen LogP contribution in [0.15, 0.2) is 206 Å². The third-order valence-electron chi connectivity index (χ3n) is 14.8. The van der Waals surface area contributed by atoms with E-state index in [4.69, 9.17) is 0 Å². The van der Waals surface area contributed by atoms with Crippen molar-refractivity contribution >= 4 is 101 Å². The van der Waals surface area contributed by atoms with Crippen molar-refractivity contribution in [2.24, 2.45) is 0 Å². The largest absolute Gasteiger partial charge is 0.311 e. The van der Waals surface area contributed by atoms with Crippen LogP contribution in [0.25, 0.3) is 55.0 Å². The first-order chi connectivity index (χ1) is 32.3. The van der Waals surface area contributed by atoms with Crippen molar-refractivity contribution in [3.63, 3.8) is 0 Å². The fourth-order valence-corrected chi connectivity index (χ4v) is 12.1. The molecule has 0 saturated heterocycles. The predicted octanol–water partition coefficient (Wildman–Crippen LogP) is 14.0. The van der Waals surface area contributed by atoms with Crippen molar-refractivity contribution in [1.82, 2.24) is 9.13 Å². The second kappa shape index (κ2) is 14.4. The Kier molecular flexibility index (Phi) is 8.12. The lowest BCUT2D eigenvalue weighted by Crippen LogP contribution is -2.61. The molecule has 2 aromatic heterocycles. The first-order valence-corrected chi connectivity index (χ1v) is 23.4. The van der Waals surface area contributed by atoms with Gasteiger partial charge in [0, 0.05) is 67.0 Å². The van der Waals surface area contributed by atoms with Crippen molar-refractivity contribution in [1.29, 1.82) is 0 Å². The van der Waals surface area contributed by atoms with Crippen LogP contribution in [0.2, 0.25) is 0 Å². The lowest BCUT2D eigenvalue weighted by Gasteiger charge is -2.45. The number of fused-ring (bicyclic) bond motifs is 10. The molecule has 14 rings (SSSR count). The smallest absolute Gasteiger partial charge is 0.252 e. The third kappa shape index (κ3) is 5.45. The Morgan fingerprint density at radius 3 is 1.28 bits per heavy atom. The van der Waals surface area contributed by atoms with Crippen molar-refractivity contribution in [2.45, 2.75) is 38.0 Å². The van der Waals surface area contributed by atoms with E-state index in [1.807, 2.05) is 0 Å². The maximum Gasteiger partial charge on any atom is 0.252 e. The SMILES string of the molecule is c1ccc(-n2c3ccccc3c3cc(N4c5ccccc5B5c6ccccc6N(c6ccc7c(c6)c6ccccc6n7-c6ccccc6)c6cc(C7CCCCC7)cc4c65)ccc32)cc1. The van der Waals surface area contributed by atoms with Crippen molar-refractivity contribution < 1.29 is 0 Å². The summed E-state index contributed by atoms with van der Waals surface area (Å²) in [4.78, 5) is 5.21. The molecular weight excluding hydrogens is 787 g/mol. The maximum atomic E-state index is 2.61. The number of hydrogen-bond donors (Lipinski definition) is 0. The zero-order valence-corrected chi connectivity index (χ0v) is 36.1. The summed E-state index contributed by atoms with van der Waals surface area (Å²) in [5, 5.41) is 5.04. The van der Waals surface area contributed by atoms with E-state index in [1.54, 1.807) is 0 Å². The van der Waals surface area contributed by atoms with Crippen LogP contribution in [0.5, 0.6) is 0 Å². The van der Waals surface area contributed by atoms with Crippen LogP contribution in [0.3, 0.4) is 0 Å². The highest BCUT2D eigenvalue weighted by Crippen LogP contribution is 2.48. The van der Waals surface area contributed by atoms with Gasteiger partial charge in [-0.05, 0) is 138 Å². The van der Waals surface area contributed by atoms with Gasteiger partial charge in [-0.3, -0.25) is 0 Å². The second-order valence-electron chi connectivity index (χ2n) is 18.3. The summed E-state index contributed by atoms with van der Waals surface area (Å²) in [7, 11) is 0. The normalized spacial score (nSPS) is 14.6. The summed E-state index contributed by atoms with van der Waals surface area (Å²) >= 11 is 0. The van der Waals surface area contributed by atoms with Crippen molar-refractivity contribution in [3.8, 4) is 11.4 Å². The fraction of sp³-hybridized carbons (Fsp3) is 0.100. The number of hydrogen-bond acceptors (Lipinski definition) is 2. The van der Waals surface area contributed by atoms with E-state index in [1.165, 1.54) is 143 Å². The average molecular weight is 833 g/mol. The lowest BCUT2D eigenvalue weighted by molar-refractivity contribution is 0.444. The molecule has 0 atom stereocenters. The molecule has 5 heteroatoms. The van der Waals surface area contributed by atoms with E-state index < -0.39 is 0 Å². The molecule has 0 bridgehead atoms. The molecule has 1 fully saturated rings. The molecule has 1 saturated carbocycles. The minimum Gasteiger partial charge on any atom is -0.311 e. The fourth-order valence-electron chi connectivity index (χ4n) is 12.1. The molecule has 308 valence electrons. The van der Waals surface area contributed by atoms with Gasteiger partial charge in [-0.2, -0.15) is 0 Å². The van der Waals surface area contributed by atoms with E-state index in [9.17, 15) is 0 Å². The molecule has 65 heavy (non-hydrogen) atoms. The van der Waals surface area contributed by atoms with E-state index in [0.29, 0.717) is 5.92 Å². The Hall–Kier alpha value is -7.76. The first-order valence-electron chi connectivity index (χ1n) is 23.4. The van der Waals surface area contributed by atoms with Gasteiger partial charge in [0.25, 0.3) is 6.71 Å². The molecule has 2 aliphatic heterocycles. The van der Waals surface area contributed by atoms with Crippen molar-refractivity contribution in [2.75, 3.05) is 9.80 Å². The van der Waals surface area contributed by atoms with Crippen LogP contribution < -0.4 is 26.2 Å². The van der Waals surface area contributed by atoms with E-state index in [0.717, 1.165) is 0 Å². The number of rotatable bonds is 5. The van der Waals surface area contributed by atoms with Gasteiger partial charge in [0.05, 0.1) is 22.1 Å². The number of aromatic nitrogens is 2. The Bertz CT molecular complexity index is 3440. The Morgan fingerprint density at radius 1 is 0.338 bits per heavy atom. The third-order valence-corrected chi connectivity index (χ3v) is 14.8. The molecule has 0 N–H and O–H groups in total. The van der Waals surface area contributed by atoms with Crippen molar-refractivity contribution in [3.05, 3.63) is 212 Å². The predicted molar refractivity (Wildman–Crippen MR) is 275 cm³/mol. The summed E-state index contributed by atoms with van der Waals surface area (Å²) in [6.07, 6.45) is 6.34. The molecule has 0 radical (unpaired) electrons. The number of anilines is 6. The zero-order chi connectivity index (χ0) is 42.6. The first kappa shape index (κ1) is 36.7. The van der Waals surface area contributed by atoms with Crippen LogP contribution in [0.4, 0.5) is 34.1 Å². The zero-order valence-electron chi connectivity index (χ0n) is 36.1. The Morgan fingerprint density at radius 2 is 0.769 bits per heavy atom. The molecule has 0 amide bonds. The van der Waals surface area contributed by atoms with Gasteiger partial charge >= 0.3 is 0 Å². The average Bonchev–Trinajstić information content (AvgIpc) is 3.89. The summed E-state index contributed by atoms with van der Waals surface area (Å²) in [5.74, 6) is 0.513. The highest BCUT2D eigenvalue weighted by molar-refractivity contribution is 7.00. The van der Waals surface area contributed by atoms with Crippen LogP contribution >= 0.6 is 0 Å². The summed E-state index contributed by atoms with van der Waals surface area (Å²) in [5.41, 5.74) is 20.2. The van der Waals surface area contributed by atoms with Crippen LogP contribution in [0.1, 0.15) is 43.6 Å². The molecule has 11 aromatic rings. The van der Waals surface area contributed by atoms with E-state index in [-0.39, 0.29) is 6.71 Å². The molecule has 0 unspecified atom stereocenters. The standard InChI is InChI=1S/C60H45BN4/c1-4-18-40(19-5-1)41-36-58-60-59(37-41)65(45-33-35-55-49(39-45)47-25-11-15-29-53(47)63(55)43-22-8-3-9-23-43)57-31-17-13-27-51(57)61(60)50-26-12-16-30-56(50)64(58)44-32-34-54-48(38-44)46-24-10-14-28-52(46)62(54)42-20-6-2-7-21-42/h2-3,6-17,20-40H,1,4-5,18-19H2. The number of nitrogens with zero attached hydrogens (tertiary/aromatic N) is 4. The van der Waals surface area contributed by atoms with E-state index >= 15 is 0 Å². The lowest BCUT2D eigenvalue weighted by atomic mass is 9.33. The minimum absolute atomic E-state index is 0.0766. The highest BCUT2D eigenvalue weighted by Gasteiger charge is 2.44. The quantitative estimate of drug-likeness (QED) is 0.161. The van der Waals surface area contributed by atoms with Gasteiger partial charge in [-0.1, -0.05) is 128 Å². The Labute approximate surface area is 379 Å². The molecule has 0 spiro atoms. The summed E-state index contributed by atoms with van der Waals surface area (Å²) in [6, 6.07) is 77.3.